The number of aryl methyl sites for hydroxylation is 2. The summed E-state index contributed by atoms with van der Waals surface area (Å²) in [7, 11) is 0. The normalized spacial score (nSPS) is 11.8. The van der Waals surface area contributed by atoms with E-state index in [1.54, 1.807) is 11.8 Å². The van der Waals surface area contributed by atoms with E-state index in [0.717, 1.165) is 21.8 Å². The van der Waals surface area contributed by atoms with Gasteiger partial charge in [0.05, 0.1) is 11.6 Å². The van der Waals surface area contributed by atoms with Crippen LogP contribution in [0.1, 0.15) is 45.6 Å². The highest BCUT2D eigenvalue weighted by molar-refractivity contribution is 7.98. The van der Waals surface area contributed by atoms with Crippen LogP contribution in [0, 0.1) is 13.8 Å². The molecule has 3 aromatic rings. The van der Waals surface area contributed by atoms with Crippen LogP contribution in [0.25, 0.3) is 0 Å². The zero-order chi connectivity index (χ0) is 19.2. The van der Waals surface area contributed by atoms with Gasteiger partial charge < -0.3 is 5.32 Å². The Morgan fingerprint density at radius 1 is 0.963 bits per heavy atom. The van der Waals surface area contributed by atoms with Gasteiger partial charge in [0.25, 0.3) is 5.91 Å². The third-order valence-corrected chi connectivity index (χ3v) is 5.75. The predicted octanol–water partition coefficient (Wildman–Crippen LogP) is 6.09. The van der Waals surface area contributed by atoms with E-state index in [1.807, 2.05) is 49.4 Å². The molecule has 0 saturated carbocycles. The number of carbonyl (C=O) groups excluding carboxylic acids is 1. The Morgan fingerprint density at radius 2 is 1.67 bits per heavy atom. The molecule has 0 aliphatic carbocycles. The van der Waals surface area contributed by atoms with Crippen LogP contribution in [-0.4, -0.2) is 5.91 Å². The molecule has 0 saturated heterocycles. The van der Waals surface area contributed by atoms with E-state index in [4.69, 9.17) is 0 Å². The Labute approximate surface area is 166 Å². The van der Waals surface area contributed by atoms with E-state index in [-0.39, 0.29) is 11.9 Å². The number of amides is 1. The summed E-state index contributed by atoms with van der Waals surface area (Å²) in [6, 6.07) is 24.5. The highest BCUT2D eigenvalue weighted by atomic mass is 32.2. The lowest BCUT2D eigenvalue weighted by Crippen LogP contribution is -2.27. The number of rotatable bonds is 6. The Bertz CT molecular complexity index is 921. The van der Waals surface area contributed by atoms with Crippen LogP contribution in [0.3, 0.4) is 0 Å². The SMILES string of the molecule is Cc1ccc([C@H](C)NC(=O)c2ccccc2SCc2ccccc2)c(C)c1. The van der Waals surface area contributed by atoms with Crippen molar-refractivity contribution in [2.45, 2.75) is 37.5 Å². The second-order valence-electron chi connectivity index (χ2n) is 6.83. The molecule has 1 amide bonds. The quantitative estimate of drug-likeness (QED) is 0.528. The lowest BCUT2D eigenvalue weighted by molar-refractivity contribution is 0.0937. The van der Waals surface area contributed by atoms with Gasteiger partial charge in [0, 0.05) is 10.6 Å². The molecule has 138 valence electrons. The molecule has 0 aromatic heterocycles. The van der Waals surface area contributed by atoms with Gasteiger partial charge in [0.2, 0.25) is 0 Å². The van der Waals surface area contributed by atoms with Crippen molar-refractivity contribution < 1.29 is 4.79 Å². The van der Waals surface area contributed by atoms with Gasteiger partial charge >= 0.3 is 0 Å². The van der Waals surface area contributed by atoms with E-state index in [2.05, 4.69) is 49.5 Å². The maximum atomic E-state index is 12.9. The molecule has 0 fully saturated rings. The molecule has 1 atom stereocenters. The van der Waals surface area contributed by atoms with Gasteiger partial charge in [-0.3, -0.25) is 4.79 Å². The first-order valence-electron chi connectivity index (χ1n) is 9.18. The predicted molar refractivity (Wildman–Crippen MR) is 114 cm³/mol. The van der Waals surface area contributed by atoms with E-state index in [9.17, 15) is 4.79 Å². The molecule has 0 heterocycles. The Hall–Kier alpha value is -2.52. The smallest absolute Gasteiger partial charge is 0.252 e. The largest absolute Gasteiger partial charge is 0.345 e. The summed E-state index contributed by atoms with van der Waals surface area (Å²) in [4.78, 5) is 13.9. The topological polar surface area (TPSA) is 29.1 Å². The minimum atomic E-state index is -0.0368. The minimum Gasteiger partial charge on any atom is -0.345 e. The molecule has 27 heavy (non-hydrogen) atoms. The molecule has 0 aliphatic rings. The summed E-state index contributed by atoms with van der Waals surface area (Å²) in [6.07, 6.45) is 0. The van der Waals surface area contributed by atoms with Gasteiger partial charge in [0.1, 0.15) is 0 Å². The zero-order valence-electron chi connectivity index (χ0n) is 16.0. The van der Waals surface area contributed by atoms with Crippen LogP contribution >= 0.6 is 11.8 Å². The van der Waals surface area contributed by atoms with Crippen LogP contribution in [0.5, 0.6) is 0 Å². The molecule has 2 nitrogen and oxygen atoms in total. The van der Waals surface area contributed by atoms with Crippen molar-refractivity contribution in [1.29, 1.82) is 0 Å². The lowest BCUT2D eigenvalue weighted by Gasteiger charge is -2.18. The maximum absolute atomic E-state index is 12.9. The molecule has 3 aromatic carbocycles. The van der Waals surface area contributed by atoms with Crippen LogP contribution < -0.4 is 5.32 Å². The van der Waals surface area contributed by atoms with Crippen molar-refractivity contribution in [2.75, 3.05) is 0 Å². The lowest BCUT2D eigenvalue weighted by atomic mass is 10.00. The third kappa shape index (κ3) is 5.01. The summed E-state index contributed by atoms with van der Waals surface area (Å²) >= 11 is 1.70. The zero-order valence-corrected chi connectivity index (χ0v) is 16.8. The molecule has 0 spiro atoms. The van der Waals surface area contributed by atoms with Gasteiger partial charge in [0.15, 0.2) is 0 Å². The first-order chi connectivity index (χ1) is 13.0. The van der Waals surface area contributed by atoms with Crippen molar-refractivity contribution in [3.8, 4) is 0 Å². The number of thioether (sulfide) groups is 1. The molecule has 0 radical (unpaired) electrons. The Balaban J connectivity index is 1.73. The number of hydrogen-bond acceptors (Lipinski definition) is 2. The van der Waals surface area contributed by atoms with Crippen molar-refractivity contribution in [3.63, 3.8) is 0 Å². The van der Waals surface area contributed by atoms with Crippen molar-refractivity contribution in [3.05, 3.63) is 101 Å². The van der Waals surface area contributed by atoms with Gasteiger partial charge in [-0.25, -0.2) is 0 Å². The Kier molecular flexibility index (Phi) is 6.36. The van der Waals surface area contributed by atoms with Crippen molar-refractivity contribution in [1.82, 2.24) is 5.32 Å². The summed E-state index contributed by atoms with van der Waals surface area (Å²) < 4.78 is 0. The van der Waals surface area contributed by atoms with E-state index < -0.39 is 0 Å². The van der Waals surface area contributed by atoms with Crippen LogP contribution in [0.4, 0.5) is 0 Å². The van der Waals surface area contributed by atoms with Crippen LogP contribution in [0.15, 0.2) is 77.7 Å². The second-order valence-corrected chi connectivity index (χ2v) is 7.84. The molecule has 3 rings (SSSR count). The molecule has 0 aliphatic heterocycles. The first kappa shape index (κ1) is 19.2. The molecule has 3 heteroatoms. The monoisotopic (exact) mass is 375 g/mol. The van der Waals surface area contributed by atoms with Gasteiger partial charge in [-0.05, 0) is 49.6 Å². The molecular weight excluding hydrogens is 350 g/mol. The third-order valence-electron chi connectivity index (χ3n) is 4.61. The Morgan fingerprint density at radius 3 is 2.41 bits per heavy atom. The number of hydrogen-bond donors (Lipinski definition) is 1. The van der Waals surface area contributed by atoms with Gasteiger partial charge in [-0.15, -0.1) is 11.8 Å². The molecule has 0 unspecified atom stereocenters. The average molecular weight is 376 g/mol. The second kappa shape index (κ2) is 8.92. The number of nitrogens with one attached hydrogen (secondary N) is 1. The number of benzene rings is 3. The fourth-order valence-electron chi connectivity index (χ4n) is 3.18. The number of carbonyl (C=O) groups is 1. The van der Waals surface area contributed by atoms with Crippen molar-refractivity contribution >= 4 is 17.7 Å². The standard InChI is InChI=1S/C24H25NOS/c1-17-13-14-21(18(2)15-17)19(3)25-24(26)22-11-7-8-12-23(22)27-16-20-9-5-4-6-10-20/h4-15,19H,16H2,1-3H3,(H,25,26)/t19-/m0/s1. The molecule has 0 bridgehead atoms. The molecule has 1 N–H and O–H groups in total. The van der Waals surface area contributed by atoms with E-state index in [1.165, 1.54) is 16.7 Å². The maximum Gasteiger partial charge on any atom is 0.252 e. The van der Waals surface area contributed by atoms with Crippen LogP contribution in [-0.2, 0) is 5.75 Å². The fourth-order valence-corrected chi connectivity index (χ4v) is 4.18. The fraction of sp³-hybridized carbons (Fsp3) is 0.208. The highest BCUT2D eigenvalue weighted by Crippen LogP contribution is 2.27. The minimum absolute atomic E-state index is 0.0290. The summed E-state index contributed by atoms with van der Waals surface area (Å²) in [5, 5.41) is 3.16. The average Bonchev–Trinajstić information content (AvgIpc) is 2.67. The van der Waals surface area contributed by atoms with Gasteiger partial charge in [-0.1, -0.05) is 66.2 Å². The van der Waals surface area contributed by atoms with E-state index >= 15 is 0 Å². The van der Waals surface area contributed by atoms with Crippen LogP contribution in [0.2, 0.25) is 0 Å². The first-order valence-corrected chi connectivity index (χ1v) is 10.2. The molecular formula is C24H25NOS. The summed E-state index contributed by atoms with van der Waals surface area (Å²) in [5.74, 6) is 0.816. The van der Waals surface area contributed by atoms with E-state index in [0.29, 0.717) is 0 Å². The van der Waals surface area contributed by atoms with Gasteiger partial charge in [-0.2, -0.15) is 0 Å². The summed E-state index contributed by atoms with van der Waals surface area (Å²) in [5.41, 5.74) is 5.58. The van der Waals surface area contributed by atoms with Crippen molar-refractivity contribution in [2.24, 2.45) is 0 Å². The summed E-state index contributed by atoms with van der Waals surface area (Å²) in [6.45, 7) is 6.21. The highest BCUT2D eigenvalue weighted by Gasteiger charge is 2.16.